The number of esters is 1. The van der Waals surface area contributed by atoms with Gasteiger partial charge in [0.25, 0.3) is 0 Å². The van der Waals surface area contributed by atoms with E-state index in [0.717, 1.165) is 32.2 Å². The van der Waals surface area contributed by atoms with Gasteiger partial charge in [-0.2, -0.15) is 0 Å². The van der Waals surface area contributed by atoms with Crippen molar-refractivity contribution >= 4 is 41.9 Å². The van der Waals surface area contributed by atoms with Gasteiger partial charge < -0.3 is 41.1 Å². The highest BCUT2D eigenvalue weighted by molar-refractivity contribution is 5.95. The van der Waals surface area contributed by atoms with Gasteiger partial charge in [-0.1, -0.05) is 93.9 Å². The van der Waals surface area contributed by atoms with Crippen molar-refractivity contribution in [3.8, 4) is 0 Å². The van der Waals surface area contributed by atoms with Crippen LogP contribution in [0.5, 0.6) is 0 Å². The SMILES string of the molecule is CC.CC.CC1NC(=O)C2CCCCN2C(=O)C2CCCN2C(=O)CCOC(=O)C2CCCN2C1=O.CNCCc1ccccc1.Cc1ccccc1.NC(=O)CNC=O. The van der Waals surface area contributed by atoms with E-state index in [1.54, 1.807) is 16.7 Å². The summed E-state index contributed by atoms with van der Waals surface area (Å²) in [6.07, 6.45) is 6.13. The smallest absolute Gasteiger partial charge is 0.328 e. The van der Waals surface area contributed by atoms with E-state index in [2.05, 4.69) is 65.0 Å². The molecule has 4 aliphatic rings. The average molecular weight is 838 g/mol. The monoisotopic (exact) mass is 838 g/mol. The predicted octanol–water partition coefficient (Wildman–Crippen LogP) is 3.51. The molecular weight excluding hydrogens is 767 g/mol. The molecule has 15 nitrogen and oxygen atoms in total. The summed E-state index contributed by atoms with van der Waals surface area (Å²) in [5, 5.41) is 7.98. The maximum absolute atomic E-state index is 13.4. The van der Waals surface area contributed by atoms with Crippen LogP contribution in [0.15, 0.2) is 60.7 Å². The van der Waals surface area contributed by atoms with Crippen molar-refractivity contribution in [2.45, 2.75) is 123 Å². The minimum Gasteiger partial charge on any atom is -0.464 e. The number of aryl methyl sites for hydroxylation is 1. The number of benzene rings is 2. The van der Waals surface area contributed by atoms with Gasteiger partial charge in [-0.25, -0.2) is 4.79 Å². The molecule has 0 saturated carbocycles. The Morgan fingerprint density at radius 3 is 1.88 bits per heavy atom. The molecule has 5 N–H and O–H groups in total. The van der Waals surface area contributed by atoms with E-state index in [4.69, 9.17) is 4.74 Å². The molecule has 4 atom stereocenters. The van der Waals surface area contributed by atoms with Gasteiger partial charge in [-0.15, -0.1) is 0 Å². The maximum atomic E-state index is 13.4. The number of nitrogens with zero attached hydrogens (tertiary/aromatic N) is 3. The largest absolute Gasteiger partial charge is 0.464 e. The topological polar surface area (TPSA) is 201 Å². The fraction of sp³-hybridized carbons (Fsp3) is 0.578. The standard InChI is InChI=1S/C22H32N4O6.C9H13N.C7H8.C3H6N2O2.2C2H6/c1-14-20(29)26-12-5-8-17(26)22(31)32-13-9-18(27)24-11-4-7-16(24)21(30)25-10-3-2-6-15(25)19(28)23-14;1-10-8-7-9-5-3-2-4-6-9;1-7-5-3-2-4-6-7;4-3(7)1-5-2-6;2*1-2/h14-17H,2-13H2,1H3,(H,23,28);2-6,10H,7-8H2,1H3;2-6H,1H3;2H,1H2,(H2,4,7)(H,5,6);2*1-2H3. The van der Waals surface area contributed by atoms with Crippen LogP contribution in [0.1, 0.15) is 97.1 Å². The average Bonchev–Trinajstić information content (AvgIpc) is 3.98. The number of primary amides is 1. The van der Waals surface area contributed by atoms with Crippen molar-refractivity contribution < 1.29 is 38.3 Å². The summed E-state index contributed by atoms with van der Waals surface area (Å²) in [6, 6.07) is 18.0. The molecule has 4 heterocycles. The molecule has 2 aromatic carbocycles. The first-order chi connectivity index (χ1) is 29.0. The van der Waals surface area contributed by atoms with E-state index in [1.165, 1.54) is 16.0 Å². The first-order valence-corrected chi connectivity index (χ1v) is 21.5. The van der Waals surface area contributed by atoms with Gasteiger partial charge in [-0.3, -0.25) is 28.8 Å². The van der Waals surface area contributed by atoms with Gasteiger partial charge in [0, 0.05) is 19.6 Å². The third-order valence-corrected chi connectivity index (χ3v) is 9.85. The number of hydrogen-bond acceptors (Lipinski definition) is 9. The second kappa shape index (κ2) is 30.7. The first kappa shape index (κ1) is 52.7. The molecule has 4 saturated heterocycles. The van der Waals surface area contributed by atoms with Gasteiger partial charge >= 0.3 is 5.97 Å². The summed E-state index contributed by atoms with van der Waals surface area (Å²) >= 11 is 0. The van der Waals surface area contributed by atoms with Gasteiger partial charge in [0.15, 0.2) is 0 Å². The van der Waals surface area contributed by atoms with Crippen molar-refractivity contribution in [3.63, 3.8) is 0 Å². The fourth-order valence-electron chi connectivity index (χ4n) is 6.95. The van der Waals surface area contributed by atoms with Crippen molar-refractivity contribution in [2.75, 3.05) is 46.4 Å². The summed E-state index contributed by atoms with van der Waals surface area (Å²) in [5.41, 5.74) is 7.34. The van der Waals surface area contributed by atoms with Crippen LogP contribution in [0.25, 0.3) is 0 Å². The highest BCUT2D eigenvalue weighted by Crippen LogP contribution is 2.26. The zero-order valence-electron chi connectivity index (χ0n) is 37.0. The molecule has 15 heteroatoms. The normalized spacial score (nSPS) is 21.2. The van der Waals surface area contributed by atoms with Gasteiger partial charge in [0.1, 0.15) is 30.8 Å². The molecule has 6 rings (SSSR count). The molecule has 6 amide bonds. The van der Waals surface area contributed by atoms with Crippen molar-refractivity contribution in [1.29, 1.82) is 0 Å². The Bertz CT molecular complexity index is 1580. The summed E-state index contributed by atoms with van der Waals surface area (Å²) < 4.78 is 5.33. The number of nitrogens with one attached hydrogen (secondary N) is 3. The Balaban J connectivity index is 0.000000519. The van der Waals surface area contributed by atoms with E-state index in [9.17, 15) is 33.6 Å². The van der Waals surface area contributed by atoms with Crippen LogP contribution < -0.4 is 21.7 Å². The summed E-state index contributed by atoms with van der Waals surface area (Å²) in [5.74, 6) is -2.20. The number of likely N-dealkylation sites (N-methyl/N-ethyl adjacent to an activating group) is 1. The lowest BCUT2D eigenvalue weighted by Crippen LogP contribution is -2.59. The third-order valence-electron chi connectivity index (χ3n) is 9.85. The van der Waals surface area contributed by atoms with E-state index in [-0.39, 0.29) is 43.2 Å². The molecule has 4 aliphatic heterocycles. The molecule has 4 fully saturated rings. The first-order valence-electron chi connectivity index (χ1n) is 21.5. The quantitative estimate of drug-likeness (QED) is 0.248. The van der Waals surface area contributed by atoms with Gasteiger partial charge in [0.05, 0.1) is 13.0 Å². The zero-order valence-corrected chi connectivity index (χ0v) is 37.0. The van der Waals surface area contributed by atoms with Crippen LogP contribution >= 0.6 is 0 Å². The minimum atomic E-state index is -0.813. The lowest BCUT2D eigenvalue weighted by Gasteiger charge is -2.38. The molecule has 0 bridgehead atoms. The van der Waals surface area contributed by atoms with Gasteiger partial charge in [-0.05, 0) is 84.4 Å². The molecule has 2 aromatic rings. The predicted molar refractivity (Wildman–Crippen MR) is 233 cm³/mol. The maximum Gasteiger partial charge on any atom is 0.328 e. The van der Waals surface area contributed by atoms with E-state index < -0.39 is 36.0 Å². The molecule has 0 aliphatic carbocycles. The Hall–Kier alpha value is -5.31. The molecule has 0 spiro atoms. The number of cyclic esters (lactones) is 1. The highest BCUT2D eigenvalue weighted by Gasteiger charge is 2.43. The van der Waals surface area contributed by atoms with E-state index in [1.807, 2.05) is 59.0 Å². The number of nitrogens with two attached hydrogens (primary N) is 1. The number of carbonyl (C=O) groups is 7. The van der Waals surface area contributed by atoms with Crippen LogP contribution in [-0.2, 0) is 44.7 Å². The minimum absolute atomic E-state index is 0.00347. The van der Waals surface area contributed by atoms with Crippen LogP contribution in [0.2, 0.25) is 0 Å². The lowest BCUT2D eigenvalue weighted by atomic mass is 9.99. The van der Waals surface area contributed by atoms with Gasteiger partial charge in [0.2, 0.25) is 35.9 Å². The lowest BCUT2D eigenvalue weighted by molar-refractivity contribution is -0.156. The number of amides is 6. The number of carbonyl (C=O) groups excluding carboxylic acids is 7. The second-order valence-electron chi connectivity index (χ2n) is 14.1. The molecule has 0 radical (unpaired) electrons. The Kier molecular flexibility index (Phi) is 27.0. The van der Waals surface area contributed by atoms with Crippen LogP contribution in [-0.4, -0.2) is 127 Å². The number of hydrogen-bond donors (Lipinski definition) is 4. The van der Waals surface area contributed by atoms with E-state index in [0.29, 0.717) is 51.7 Å². The van der Waals surface area contributed by atoms with Crippen LogP contribution in [0, 0.1) is 6.92 Å². The highest BCUT2D eigenvalue weighted by atomic mass is 16.5. The number of rotatable bonds is 6. The zero-order chi connectivity index (χ0) is 44.9. The van der Waals surface area contributed by atoms with Crippen molar-refractivity contribution in [3.05, 3.63) is 71.8 Å². The molecular formula is C45H71N7O8. The summed E-state index contributed by atoms with van der Waals surface area (Å²) in [7, 11) is 1.98. The third kappa shape index (κ3) is 18.3. The summed E-state index contributed by atoms with van der Waals surface area (Å²) in [6.45, 7) is 14.0. The fourth-order valence-corrected chi connectivity index (χ4v) is 6.95. The second-order valence-corrected chi connectivity index (χ2v) is 14.1. The van der Waals surface area contributed by atoms with Crippen LogP contribution in [0.4, 0.5) is 0 Å². The van der Waals surface area contributed by atoms with Crippen LogP contribution in [0.3, 0.4) is 0 Å². The van der Waals surface area contributed by atoms with E-state index >= 15 is 0 Å². The van der Waals surface area contributed by atoms with Crippen molar-refractivity contribution in [1.82, 2.24) is 30.7 Å². The summed E-state index contributed by atoms with van der Waals surface area (Å²) in [4.78, 5) is 88.7. The Labute approximate surface area is 357 Å². The Morgan fingerprint density at radius 1 is 0.783 bits per heavy atom. The number of ether oxygens (including phenoxy) is 1. The number of fused-ring (bicyclic) bond motifs is 3. The Morgan fingerprint density at radius 2 is 1.33 bits per heavy atom. The molecule has 4 unspecified atom stereocenters. The molecule has 60 heavy (non-hydrogen) atoms. The number of piperidine rings is 1. The molecule has 334 valence electrons. The molecule has 0 aromatic heterocycles. The van der Waals surface area contributed by atoms with Crippen molar-refractivity contribution in [2.24, 2.45) is 5.73 Å².